The SMILES string of the molecule is COc1ccc(C(Cl)C(=O)O)cc1F. The number of aliphatic carboxylic acids is 1. The minimum absolute atomic E-state index is 0.0583. The molecule has 0 aliphatic heterocycles. The van der Waals surface area contributed by atoms with E-state index >= 15 is 0 Å². The fourth-order valence-electron chi connectivity index (χ4n) is 0.983. The summed E-state index contributed by atoms with van der Waals surface area (Å²) in [4.78, 5) is 10.5. The first-order valence-electron chi connectivity index (χ1n) is 3.76. The maximum atomic E-state index is 13.1. The van der Waals surface area contributed by atoms with Gasteiger partial charge in [-0.05, 0) is 17.7 Å². The summed E-state index contributed by atoms with van der Waals surface area (Å²) in [6.07, 6.45) is 0. The Hall–Kier alpha value is -1.29. The van der Waals surface area contributed by atoms with Gasteiger partial charge in [-0.25, -0.2) is 4.39 Å². The lowest BCUT2D eigenvalue weighted by Crippen LogP contribution is -2.05. The minimum Gasteiger partial charge on any atom is -0.494 e. The molecule has 0 saturated carbocycles. The van der Waals surface area contributed by atoms with Crippen LogP contribution in [-0.4, -0.2) is 18.2 Å². The zero-order valence-corrected chi connectivity index (χ0v) is 8.08. The molecule has 3 nitrogen and oxygen atoms in total. The van der Waals surface area contributed by atoms with E-state index in [1.54, 1.807) is 0 Å². The fraction of sp³-hybridized carbons (Fsp3) is 0.222. The van der Waals surface area contributed by atoms with Crippen LogP contribution in [0.5, 0.6) is 5.75 Å². The van der Waals surface area contributed by atoms with Gasteiger partial charge in [0.2, 0.25) is 0 Å². The summed E-state index contributed by atoms with van der Waals surface area (Å²) >= 11 is 5.50. The average molecular weight is 219 g/mol. The molecule has 76 valence electrons. The first-order valence-corrected chi connectivity index (χ1v) is 4.20. The largest absolute Gasteiger partial charge is 0.494 e. The van der Waals surface area contributed by atoms with Crippen LogP contribution in [0.4, 0.5) is 4.39 Å². The minimum atomic E-state index is -1.24. The molecule has 0 aliphatic carbocycles. The van der Waals surface area contributed by atoms with Crippen LogP contribution >= 0.6 is 11.6 Å². The van der Waals surface area contributed by atoms with Gasteiger partial charge in [-0.15, -0.1) is 11.6 Å². The van der Waals surface area contributed by atoms with Crippen molar-refractivity contribution in [2.24, 2.45) is 0 Å². The van der Waals surface area contributed by atoms with E-state index in [0.717, 1.165) is 6.07 Å². The van der Waals surface area contributed by atoms with Gasteiger partial charge in [-0.2, -0.15) is 0 Å². The van der Waals surface area contributed by atoms with Gasteiger partial charge in [-0.3, -0.25) is 4.79 Å². The Labute approximate surface area is 85.1 Å². The van der Waals surface area contributed by atoms with Crippen molar-refractivity contribution in [3.8, 4) is 5.75 Å². The van der Waals surface area contributed by atoms with Gasteiger partial charge < -0.3 is 9.84 Å². The van der Waals surface area contributed by atoms with E-state index in [0.29, 0.717) is 0 Å². The number of rotatable bonds is 3. The van der Waals surface area contributed by atoms with E-state index < -0.39 is 17.2 Å². The fourth-order valence-corrected chi connectivity index (χ4v) is 1.12. The molecule has 0 radical (unpaired) electrons. The highest BCUT2D eigenvalue weighted by molar-refractivity contribution is 6.29. The third kappa shape index (κ3) is 2.14. The molecule has 0 amide bonds. The van der Waals surface area contributed by atoms with Gasteiger partial charge in [0.05, 0.1) is 7.11 Å². The molecule has 5 heteroatoms. The normalized spacial score (nSPS) is 12.2. The van der Waals surface area contributed by atoms with Gasteiger partial charge in [0.25, 0.3) is 0 Å². The number of hydrogen-bond acceptors (Lipinski definition) is 2. The number of alkyl halides is 1. The quantitative estimate of drug-likeness (QED) is 0.792. The number of halogens is 2. The van der Waals surface area contributed by atoms with Gasteiger partial charge in [0, 0.05) is 0 Å². The Morgan fingerprint density at radius 3 is 2.71 bits per heavy atom. The first kappa shape index (κ1) is 10.8. The number of carboxylic acids is 1. The average Bonchev–Trinajstić information content (AvgIpc) is 2.16. The molecule has 0 aliphatic rings. The standard InChI is InChI=1S/C9H8ClFO3/c1-14-7-3-2-5(4-6(7)11)8(10)9(12)13/h2-4,8H,1H3,(H,12,13). The highest BCUT2D eigenvalue weighted by Crippen LogP contribution is 2.25. The Kier molecular flexibility index (Phi) is 3.30. The van der Waals surface area contributed by atoms with Crippen LogP contribution in [0.3, 0.4) is 0 Å². The molecule has 0 aromatic heterocycles. The second-order valence-electron chi connectivity index (χ2n) is 2.59. The van der Waals surface area contributed by atoms with E-state index in [9.17, 15) is 9.18 Å². The summed E-state index contributed by atoms with van der Waals surface area (Å²) in [5.41, 5.74) is 0.192. The molecule has 0 saturated heterocycles. The van der Waals surface area contributed by atoms with Crippen LogP contribution in [0.25, 0.3) is 0 Å². The summed E-state index contributed by atoms with van der Waals surface area (Å²) in [6.45, 7) is 0. The first-order chi connectivity index (χ1) is 6.56. The van der Waals surface area contributed by atoms with Crippen molar-refractivity contribution in [3.63, 3.8) is 0 Å². The van der Waals surface area contributed by atoms with Crippen molar-refractivity contribution in [2.75, 3.05) is 7.11 Å². The number of methoxy groups -OCH3 is 1. The predicted octanol–water partition coefficient (Wildman–Crippen LogP) is 2.20. The molecule has 1 N–H and O–H groups in total. The van der Waals surface area contributed by atoms with Crippen LogP contribution in [0.1, 0.15) is 10.9 Å². The molecule has 1 unspecified atom stereocenters. The molecular formula is C9H8ClFO3. The zero-order valence-electron chi connectivity index (χ0n) is 7.33. The molecule has 0 spiro atoms. The summed E-state index contributed by atoms with van der Waals surface area (Å²) in [5.74, 6) is -1.78. The Morgan fingerprint density at radius 2 is 2.29 bits per heavy atom. The Balaban J connectivity index is 3.02. The number of carbonyl (C=O) groups is 1. The topological polar surface area (TPSA) is 46.5 Å². The highest BCUT2D eigenvalue weighted by atomic mass is 35.5. The molecule has 14 heavy (non-hydrogen) atoms. The van der Waals surface area contributed by atoms with E-state index in [1.165, 1.54) is 19.2 Å². The monoisotopic (exact) mass is 218 g/mol. The predicted molar refractivity (Wildman–Crippen MR) is 49.2 cm³/mol. The van der Waals surface area contributed by atoms with Gasteiger partial charge in [0.15, 0.2) is 16.9 Å². The van der Waals surface area contributed by atoms with Crippen molar-refractivity contribution in [1.82, 2.24) is 0 Å². The van der Waals surface area contributed by atoms with Gasteiger partial charge in [-0.1, -0.05) is 6.07 Å². The lowest BCUT2D eigenvalue weighted by atomic mass is 10.1. The van der Waals surface area contributed by atoms with Gasteiger partial charge >= 0.3 is 5.97 Å². The number of carboxylic acid groups (broad SMARTS) is 1. The molecule has 1 aromatic rings. The van der Waals surface area contributed by atoms with Crippen molar-refractivity contribution < 1.29 is 19.0 Å². The molecule has 1 aromatic carbocycles. The van der Waals surface area contributed by atoms with Crippen LogP contribution < -0.4 is 4.74 Å². The summed E-state index contributed by atoms with van der Waals surface area (Å²) in [6, 6.07) is 3.79. The lowest BCUT2D eigenvalue weighted by Gasteiger charge is -2.06. The smallest absolute Gasteiger partial charge is 0.326 e. The molecule has 1 rings (SSSR count). The Morgan fingerprint density at radius 1 is 1.64 bits per heavy atom. The molecular weight excluding hydrogens is 211 g/mol. The summed E-state index contributed by atoms with van der Waals surface area (Å²) < 4.78 is 17.8. The molecule has 0 bridgehead atoms. The van der Waals surface area contributed by atoms with Crippen molar-refractivity contribution >= 4 is 17.6 Å². The van der Waals surface area contributed by atoms with Crippen molar-refractivity contribution in [3.05, 3.63) is 29.6 Å². The van der Waals surface area contributed by atoms with Crippen molar-refractivity contribution in [1.29, 1.82) is 0 Å². The Bertz CT molecular complexity index is 354. The van der Waals surface area contributed by atoms with Crippen LogP contribution in [0, 0.1) is 5.82 Å². The number of hydrogen-bond donors (Lipinski definition) is 1. The molecule has 0 heterocycles. The van der Waals surface area contributed by atoms with E-state index in [-0.39, 0.29) is 11.3 Å². The van der Waals surface area contributed by atoms with Gasteiger partial charge in [0.1, 0.15) is 0 Å². The second kappa shape index (κ2) is 4.28. The zero-order chi connectivity index (χ0) is 10.7. The molecule has 0 fully saturated rings. The van der Waals surface area contributed by atoms with Crippen LogP contribution in [0.15, 0.2) is 18.2 Å². The maximum Gasteiger partial charge on any atom is 0.326 e. The lowest BCUT2D eigenvalue weighted by molar-refractivity contribution is -0.136. The highest BCUT2D eigenvalue weighted by Gasteiger charge is 2.17. The van der Waals surface area contributed by atoms with Crippen LogP contribution in [0.2, 0.25) is 0 Å². The maximum absolute atomic E-state index is 13.1. The second-order valence-corrected chi connectivity index (χ2v) is 3.03. The van der Waals surface area contributed by atoms with E-state index in [4.69, 9.17) is 16.7 Å². The van der Waals surface area contributed by atoms with Crippen molar-refractivity contribution in [2.45, 2.75) is 5.38 Å². The summed E-state index contributed by atoms with van der Waals surface area (Å²) in [7, 11) is 1.33. The summed E-state index contributed by atoms with van der Waals surface area (Å²) in [5, 5.41) is 7.33. The van der Waals surface area contributed by atoms with E-state index in [2.05, 4.69) is 4.74 Å². The third-order valence-corrected chi connectivity index (χ3v) is 2.12. The molecule has 1 atom stereocenters. The number of ether oxygens (including phenoxy) is 1. The van der Waals surface area contributed by atoms with Crippen LogP contribution in [-0.2, 0) is 4.79 Å². The third-order valence-electron chi connectivity index (χ3n) is 1.69. The number of benzene rings is 1. The van der Waals surface area contributed by atoms with E-state index in [1.807, 2.05) is 0 Å².